The summed E-state index contributed by atoms with van der Waals surface area (Å²) in [7, 11) is 0. The van der Waals surface area contributed by atoms with E-state index in [0.29, 0.717) is 38.2 Å². The number of nitrogens with one attached hydrogen (secondary N) is 1. The molecular formula is C20H29N3O3. The van der Waals surface area contributed by atoms with Gasteiger partial charge in [0.25, 0.3) is 5.91 Å². The van der Waals surface area contributed by atoms with Gasteiger partial charge in [-0.3, -0.25) is 9.59 Å². The fraction of sp³-hybridized carbons (Fsp3) is 0.600. The topological polar surface area (TPSA) is 84.7 Å². The van der Waals surface area contributed by atoms with Crippen LogP contribution in [-0.2, 0) is 9.59 Å². The van der Waals surface area contributed by atoms with Gasteiger partial charge in [0.15, 0.2) is 6.61 Å². The van der Waals surface area contributed by atoms with Gasteiger partial charge in [-0.15, -0.1) is 0 Å². The normalized spacial score (nSPS) is 20.0. The molecule has 3 rings (SSSR count). The number of hydrogen-bond donors (Lipinski definition) is 2. The maximum absolute atomic E-state index is 12.6. The molecule has 0 bridgehead atoms. The van der Waals surface area contributed by atoms with Gasteiger partial charge in [-0.2, -0.15) is 0 Å². The number of rotatable bonds is 6. The van der Waals surface area contributed by atoms with Crippen molar-refractivity contribution in [3.05, 3.63) is 30.3 Å². The van der Waals surface area contributed by atoms with Gasteiger partial charge in [-0.25, -0.2) is 0 Å². The highest BCUT2D eigenvalue weighted by molar-refractivity contribution is 5.81. The van der Waals surface area contributed by atoms with Crippen molar-refractivity contribution >= 4 is 11.8 Å². The summed E-state index contributed by atoms with van der Waals surface area (Å²) in [6.45, 7) is 1.75. The molecule has 1 saturated carbocycles. The smallest absolute Gasteiger partial charge is 0.260 e. The van der Waals surface area contributed by atoms with Crippen LogP contribution in [0.3, 0.4) is 0 Å². The third kappa shape index (κ3) is 4.55. The van der Waals surface area contributed by atoms with Crippen molar-refractivity contribution in [1.82, 2.24) is 10.2 Å². The number of nitrogens with two attached hydrogens (primary N) is 1. The molecule has 1 heterocycles. The fourth-order valence-corrected chi connectivity index (χ4v) is 3.94. The first-order valence-corrected chi connectivity index (χ1v) is 9.60. The number of carbonyl (C=O) groups excluding carboxylic acids is 2. The molecule has 2 fully saturated rings. The predicted molar refractivity (Wildman–Crippen MR) is 99.6 cm³/mol. The van der Waals surface area contributed by atoms with E-state index in [2.05, 4.69) is 5.32 Å². The van der Waals surface area contributed by atoms with E-state index in [9.17, 15) is 9.59 Å². The molecule has 26 heavy (non-hydrogen) atoms. The Morgan fingerprint density at radius 1 is 1.15 bits per heavy atom. The summed E-state index contributed by atoms with van der Waals surface area (Å²) in [5.74, 6) is 0.740. The van der Waals surface area contributed by atoms with E-state index >= 15 is 0 Å². The number of ether oxygens (including phenoxy) is 1. The Balaban J connectivity index is 1.43. The summed E-state index contributed by atoms with van der Waals surface area (Å²) in [6, 6.07) is 9.33. The molecule has 0 atom stereocenters. The van der Waals surface area contributed by atoms with E-state index in [1.54, 1.807) is 4.90 Å². The van der Waals surface area contributed by atoms with Crippen molar-refractivity contribution in [1.29, 1.82) is 0 Å². The molecule has 2 amide bonds. The first-order chi connectivity index (χ1) is 12.6. The Morgan fingerprint density at radius 3 is 2.42 bits per heavy atom. The molecule has 6 nitrogen and oxygen atoms in total. The van der Waals surface area contributed by atoms with Crippen molar-refractivity contribution in [2.75, 3.05) is 26.2 Å². The molecule has 2 aliphatic rings. The number of carbonyl (C=O) groups is 2. The van der Waals surface area contributed by atoms with Gasteiger partial charge in [0, 0.05) is 25.6 Å². The number of nitrogens with zero attached hydrogens (tertiary/aromatic N) is 1. The van der Waals surface area contributed by atoms with Crippen LogP contribution in [0.2, 0.25) is 0 Å². The van der Waals surface area contributed by atoms with E-state index < -0.39 is 0 Å². The monoisotopic (exact) mass is 359 g/mol. The minimum absolute atomic E-state index is 0.0260. The van der Waals surface area contributed by atoms with E-state index in [1.807, 2.05) is 30.3 Å². The number of para-hydroxylation sites is 1. The maximum atomic E-state index is 12.6. The summed E-state index contributed by atoms with van der Waals surface area (Å²) < 4.78 is 5.53. The fourth-order valence-electron chi connectivity index (χ4n) is 3.94. The molecule has 6 heteroatoms. The van der Waals surface area contributed by atoms with E-state index in [-0.39, 0.29) is 29.9 Å². The average Bonchev–Trinajstić information content (AvgIpc) is 3.16. The van der Waals surface area contributed by atoms with Crippen molar-refractivity contribution in [2.24, 2.45) is 11.7 Å². The van der Waals surface area contributed by atoms with Crippen LogP contribution < -0.4 is 15.8 Å². The molecule has 1 aliphatic carbocycles. The molecule has 1 aliphatic heterocycles. The van der Waals surface area contributed by atoms with E-state index in [4.69, 9.17) is 10.5 Å². The van der Waals surface area contributed by atoms with E-state index in [0.717, 1.165) is 25.7 Å². The Bertz CT molecular complexity index is 606. The molecular weight excluding hydrogens is 330 g/mol. The van der Waals surface area contributed by atoms with Crippen molar-refractivity contribution in [3.8, 4) is 5.75 Å². The number of hydrogen-bond acceptors (Lipinski definition) is 4. The van der Waals surface area contributed by atoms with Gasteiger partial charge < -0.3 is 20.7 Å². The Hall–Kier alpha value is -2.08. The highest BCUT2D eigenvalue weighted by atomic mass is 16.5. The maximum Gasteiger partial charge on any atom is 0.260 e. The molecule has 1 aromatic carbocycles. The van der Waals surface area contributed by atoms with Gasteiger partial charge in [-0.05, 0) is 37.8 Å². The second-order valence-electron chi connectivity index (χ2n) is 7.44. The highest BCUT2D eigenvalue weighted by Crippen LogP contribution is 2.29. The van der Waals surface area contributed by atoms with Crippen LogP contribution in [0.15, 0.2) is 30.3 Å². The summed E-state index contributed by atoms with van der Waals surface area (Å²) in [5, 5.41) is 3.21. The second-order valence-corrected chi connectivity index (χ2v) is 7.44. The van der Waals surface area contributed by atoms with Crippen LogP contribution in [0.1, 0.15) is 38.5 Å². The first kappa shape index (κ1) is 18.7. The first-order valence-electron chi connectivity index (χ1n) is 9.60. The zero-order valence-corrected chi connectivity index (χ0v) is 15.3. The minimum Gasteiger partial charge on any atom is -0.484 e. The lowest BCUT2D eigenvalue weighted by Gasteiger charge is -2.35. The lowest BCUT2D eigenvalue weighted by molar-refractivity contribution is -0.137. The molecule has 0 aromatic heterocycles. The van der Waals surface area contributed by atoms with Crippen molar-refractivity contribution < 1.29 is 14.3 Å². The van der Waals surface area contributed by atoms with Crippen LogP contribution in [0.4, 0.5) is 0 Å². The van der Waals surface area contributed by atoms with Gasteiger partial charge >= 0.3 is 0 Å². The van der Waals surface area contributed by atoms with Crippen LogP contribution in [-0.4, -0.2) is 48.5 Å². The Labute approximate surface area is 155 Å². The molecule has 1 aromatic rings. The summed E-state index contributed by atoms with van der Waals surface area (Å²) in [4.78, 5) is 26.7. The number of likely N-dealkylation sites (tertiary alicyclic amines) is 1. The van der Waals surface area contributed by atoms with E-state index in [1.165, 1.54) is 0 Å². The number of amides is 2. The van der Waals surface area contributed by atoms with Gasteiger partial charge in [0.2, 0.25) is 5.91 Å². The summed E-state index contributed by atoms with van der Waals surface area (Å²) in [5.41, 5.74) is 5.71. The van der Waals surface area contributed by atoms with Crippen LogP contribution in [0.25, 0.3) is 0 Å². The minimum atomic E-state index is -0.201. The molecule has 1 saturated heterocycles. The largest absolute Gasteiger partial charge is 0.484 e. The molecule has 0 unspecified atom stereocenters. The second kappa shape index (κ2) is 8.54. The lowest BCUT2D eigenvalue weighted by atomic mass is 9.92. The van der Waals surface area contributed by atoms with Crippen molar-refractivity contribution in [2.45, 2.75) is 44.1 Å². The number of benzene rings is 1. The highest BCUT2D eigenvalue weighted by Gasteiger charge is 2.36. The lowest BCUT2D eigenvalue weighted by Crippen LogP contribution is -2.54. The van der Waals surface area contributed by atoms with Crippen LogP contribution in [0.5, 0.6) is 5.75 Å². The van der Waals surface area contributed by atoms with Crippen molar-refractivity contribution in [3.63, 3.8) is 0 Å². The van der Waals surface area contributed by atoms with Gasteiger partial charge in [-0.1, -0.05) is 31.0 Å². The SMILES string of the molecule is NCC1(NC(=O)C2CCN(C(=O)COc3ccccc3)CC2)CCCC1. The third-order valence-corrected chi connectivity index (χ3v) is 5.66. The molecule has 142 valence electrons. The zero-order chi connectivity index (χ0) is 18.4. The van der Waals surface area contributed by atoms with Gasteiger partial charge in [0.1, 0.15) is 5.75 Å². The third-order valence-electron chi connectivity index (χ3n) is 5.66. The Kier molecular flexibility index (Phi) is 6.14. The zero-order valence-electron chi connectivity index (χ0n) is 15.3. The predicted octanol–water partition coefficient (Wildman–Crippen LogP) is 1.69. The summed E-state index contributed by atoms with van der Waals surface area (Å²) >= 11 is 0. The van der Waals surface area contributed by atoms with Crippen LogP contribution in [0, 0.1) is 5.92 Å². The number of piperidine rings is 1. The van der Waals surface area contributed by atoms with Gasteiger partial charge in [0.05, 0.1) is 5.54 Å². The molecule has 0 spiro atoms. The molecule has 3 N–H and O–H groups in total. The van der Waals surface area contributed by atoms with Crippen LogP contribution >= 0.6 is 0 Å². The standard InChI is InChI=1S/C20H29N3O3/c21-15-20(10-4-5-11-20)22-19(25)16-8-12-23(13-9-16)18(24)14-26-17-6-2-1-3-7-17/h1-3,6-7,16H,4-5,8-15,21H2,(H,22,25). The molecule has 0 radical (unpaired) electrons. The average molecular weight is 359 g/mol. The quantitative estimate of drug-likeness (QED) is 0.809. The Morgan fingerprint density at radius 2 is 1.81 bits per heavy atom. The summed E-state index contributed by atoms with van der Waals surface area (Å²) in [6.07, 6.45) is 5.61.